The number of benzene rings is 1. The molecule has 1 aromatic carbocycles. The van der Waals surface area contributed by atoms with E-state index >= 15 is 0 Å². The summed E-state index contributed by atoms with van der Waals surface area (Å²) in [4.78, 5) is 40.2. The molecule has 0 aliphatic carbocycles. The molecule has 1 atom stereocenters. The highest BCUT2D eigenvalue weighted by Gasteiger charge is 2.43. The summed E-state index contributed by atoms with van der Waals surface area (Å²) >= 11 is 5.66. The monoisotopic (exact) mass is 474 g/mol. The Morgan fingerprint density at radius 1 is 1.06 bits per heavy atom. The quantitative estimate of drug-likeness (QED) is 0.500. The van der Waals surface area contributed by atoms with Crippen molar-refractivity contribution in [3.8, 4) is 0 Å². The van der Waals surface area contributed by atoms with Crippen LogP contribution in [0.25, 0.3) is 0 Å². The first-order chi connectivity index (χ1) is 15.6. The van der Waals surface area contributed by atoms with E-state index in [-0.39, 0.29) is 23.7 Å². The number of anilines is 1. The van der Waals surface area contributed by atoms with Crippen molar-refractivity contribution in [2.75, 3.05) is 38.6 Å². The minimum Gasteiger partial charge on any atom is -0.467 e. The smallest absolute Gasteiger partial charge is 0.328 e. The predicted octanol–water partition coefficient (Wildman–Crippen LogP) is 2.38. The number of methoxy groups -OCH3 is 1. The van der Waals surface area contributed by atoms with Gasteiger partial charge in [0.1, 0.15) is 6.04 Å². The number of piperidine rings is 1. The van der Waals surface area contributed by atoms with E-state index in [9.17, 15) is 14.4 Å². The van der Waals surface area contributed by atoms with Crippen LogP contribution in [-0.2, 0) is 19.1 Å². The zero-order chi connectivity index (χ0) is 24.2. The Kier molecular flexibility index (Phi) is 7.94. The van der Waals surface area contributed by atoms with Crippen molar-refractivity contribution in [3.63, 3.8) is 0 Å². The highest BCUT2D eigenvalue weighted by Crippen LogP contribution is 2.40. The van der Waals surface area contributed by atoms with Crippen molar-refractivity contribution in [2.24, 2.45) is 5.41 Å². The molecule has 0 bridgehead atoms. The lowest BCUT2D eigenvalue weighted by Gasteiger charge is -2.40. The summed E-state index contributed by atoms with van der Waals surface area (Å²) in [5.41, 5.74) is 3.48. The van der Waals surface area contributed by atoms with Gasteiger partial charge in [-0.15, -0.1) is 0 Å². The van der Waals surface area contributed by atoms with Gasteiger partial charge in [-0.2, -0.15) is 0 Å². The number of carbonyl (C=O) groups excluding carboxylic acids is 3. The van der Waals surface area contributed by atoms with Crippen LogP contribution < -0.4 is 10.6 Å². The molecular formula is C24H34N4O4S. The van der Waals surface area contributed by atoms with E-state index in [2.05, 4.69) is 47.6 Å². The molecule has 2 saturated heterocycles. The summed E-state index contributed by atoms with van der Waals surface area (Å²) in [5.74, 6) is -1.11. The van der Waals surface area contributed by atoms with Gasteiger partial charge >= 0.3 is 5.97 Å². The van der Waals surface area contributed by atoms with Crippen molar-refractivity contribution in [2.45, 2.75) is 52.5 Å². The van der Waals surface area contributed by atoms with Crippen LogP contribution in [0.15, 0.2) is 18.2 Å². The van der Waals surface area contributed by atoms with E-state index in [1.807, 2.05) is 4.90 Å². The average molecular weight is 475 g/mol. The van der Waals surface area contributed by atoms with Crippen LogP contribution in [0.1, 0.15) is 43.7 Å². The van der Waals surface area contributed by atoms with Gasteiger partial charge in [0, 0.05) is 38.8 Å². The van der Waals surface area contributed by atoms with Crippen LogP contribution >= 0.6 is 12.2 Å². The zero-order valence-corrected chi connectivity index (χ0v) is 20.7. The number of likely N-dealkylation sites (tertiary alicyclic amines) is 2. The van der Waals surface area contributed by atoms with E-state index in [4.69, 9.17) is 17.0 Å². The topological polar surface area (TPSA) is 91.0 Å². The van der Waals surface area contributed by atoms with Crippen molar-refractivity contribution >= 4 is 40.8 Å². The fourth-order valence-electron chi connectivity index (χ4n) is 4.87. The Morgan fingerprint density at radius 2 is 1.64 bits per heavy atom. The normalized spacial score (nSPS) is 18.1. The summed E-state index contributed by atoms with van der Waals surface area (Å²) in [5, 5.41) is 6.61. The highest BCUT2D eigenvalue weighted by molar-refractivity contribution is 7.80. The summed E-state index contributed by atoms with van der Waals surface area (Å²) in [6.07, 6.45) is 2.76. The SMILES string of the molecule is COC(=O)C(CC(=O)N1CCC2(CCN(C(=S)Nc3cc(C)cc(C)c3)CC2)C1)NC(C)=O. The average Bonchev–Trinajstić information content (AvgIpc) is 3.15. The van der Waals surface area contributed by atoms with Gasteiger partial charge in [0.05, 0.1) is 13.5 Å². The molecule has 2 heterocycles. The standard InChI is InChI=1S/C24H34N4O4S/c1-16-11-17(2)13-19(12-16)26-23(33)27-8-5-24(6-9-27)7-10-28(15-24)21(30)14-20(22(31)32-4)25-18(3)29/h11-13,20H,5-10,14-15H2,1-4H3,(H,25,29)(H,26,33). The van der Waals surface area contributed by atoms with Gasteiger partial charge < -0.3 is 25.2 Å². The Bertz CT molecular complexity index is 907. The fraction of sp³-hybridized carbons (Fsp3) is 0.583. The largest absolute Gasteiger partial charge is 0.467 e. The number of carbonyl (C=O) groups is 3. The third-order valence-electron chi connectivity index (χ3n) is 6.62. The summed E-state index contributed by atoms with van der Waals surface area (Å²) in [6.45, 7) is 8.48. The van der Waals surface area contributed by atoms with Crippen LogP contribution in [0.4, 0.5) is 5.69 Å². The van der Waals surface area contributed by atoms with Crippen LogP contribution in [0.2, 0.25) is 0 Å². The van der Waals surface area contributed by atoms with E-state index in [0.29, 0.717) is 13.1 Å². The molecule has 0 aromatic heterocycles. The van der Waals surface area contributed by atoms with E-state index < -0.39 is 12.0 Å². The molecule has 1 spiro atoms. The van der Waals surface area contributed by atoms with Crippen molar-refractivity contribution in [1.82, 2.24) is 15.1 Å². The molecule has 2 aliphatic rings. The number of ether oxygens (including phenoxy) is 1. The van der Waals surface area contributed by atoms with Gasteiger partial charge in [-0.3, -0.25) is 9.59 Å². The molecule has 0 saturated carbocycles. The molecule has 33 heavy (non-hydrogen) atoms. The van der Waals surface area contributed by atoms with Gasteiger partial charge in [0.25, 0.3) is 0 Å². The summed E-state index contributed by atoms with van der Waals surface area (Å²) < 4.78 is 4.73. The number of amides is 2. The maximum Gasteiger partial charge on any atom is 0.328 e. The summed E-state index contributed by atoms with van der Waals surface area (Å²) in [6, 6.07) is 5.36. The number of rotatable bonds is 5. The van der Waals surface area contributed by atoms with Crippen molar-refractivity contribution in [3.05, 3.63) is 29.3 Å². The minimum atomic E-state index is -0.952. The number of hydrogen-bond donors (Lipinski definition) is 2. The Hall–Kier alpha value is -2.68. The van der Waals surface area contributed by atoms with Crippen molar-refractivity contribution < 1.29 is 19.1 Å². The molecule has 2 N–H and O–H groups in total. The lowest BCUT2D eigenvalue weighted by atomic mass is 9.78. The first-order valence-electron chi connectivity index (χ1n) is 11.4. The molecule has 0 radical (unpaired) electrons. The molecule has 2 amide bonds. The fourth-order valence-corrected chi connectivity index (χ4v) is 5.17. The first-order valence-corrected chi connectivity index (χ1v) is 11.8. The van der Waals surface area contributed by atoms with E-state index in [0.717, 1.165) is 43.2 Å². The van der Waals surface area contributed by atoms with Gasteiger partial charge in [0.2, 0.25) is 11.8 Å². The number of aryl methyl sites for hydroxylation is 2. The molecule has 180 valence electrons. The maximum absolute atomic E-state index is 12.8. The first kappa shape index (κ1) is 25.0. The van der Waals surface area contributed by atoms with Gasteiger partial charge in [-0.25, -0.2) is 4.79 Å². The predicted molar refractivity (Wildman–Crippen MR) is 131 cm³/mol. The second-order valence-electron chi connectivity index (χ2n) is 9.34. The second-order valence-corrected chi connectivity index (χ2v) is 9.73. The maximum atomic E-state index is 12.8. The molecule has 2 fully saturated rings. The molecule has 1 unspecified atom stereocenters. The van der Waals surface area contributed by atoms with Gasteiger partial charge in [-0.05, 0) is 74.0 Å². The number of nitrogens with zero attached hydrogens (tertiary/aromatic N) is 2. The zero-order valence-electron chi connectivity index (χ0n) is 19.9. The Morgan fingerprint density at radius 3 is 2.18 bits per heavy atom. The Labute approximate surface area is 201 Å². The van der Waals surface area contributed by atoms with E-state index in [1.165, 1.54) is 25.2 Å². The number of nitrogens with one attached hydrogen (secondary N) is 2. The molecular weight excluding hydrogens is 440 g/mol. The van der Waals surface area contributed by atoms with Crippen molar-refractivity contribution in [1.29, 1.82) is 0 Å². The van der Waals surface area contributed by atoms with Crippen LogP contribution in [0, 0.1) is 19.3 Å². The molecule has 2 aliphatic heterocycles. The van der Waals surface area contributed by atoms with Crippen LogP contribution in [0.5, 0.6) is 0 Å². The van der Waals surface area contributed by atoms with Gasteiger partial charge in [0.15, 0.2) is 5.11 Å². The van der Waals surface area contributed by atoms with E-state index in [1.54, 1.807) is 0 Å². The molecule has 8 nitrogen and oxygen atoms in total. The third kappa shape index (κ3) is 6.43. The summed E-state index contributed by atoms with van der Waals surface area (Å²) in [7, 11) is 1.25. The second kappa shape index (κ2) is 10.5. The molecule has 1 aromatic rings. The van der Waals surface area contributed by atoms with Crippen LogP contribution in [-0.4, -0.2) is 72.0 Å². The number of hydrogen-bond acceptors (Lipinski definition) is 5. The number of esters is 1. The number of thiocarbonyl (C=S) groups is 1. The minimum absolute atomic E-state index is 0.0798. The molecule has 9 heteroatoms. The van der Waals surface area contributed by atoms with Crippen LogP contribution in [0.3, 0.4) is 0 Å². The molecule has 3 rings (SSSR count). The van der Waals surface area contributed by atoms with Gasteiger partial charge in [-0.1, -0.05) is 6.07 Å². The highest BCUT2D eigenvalue weighted by atomic mass is 32.1. The lowest BCUT2D eigenvalue weighted by molar-refractivity contribution is -0.147. The third-order valence-corrected chi connectivity index (χ3v) is 6.98. The Balaban J connectivity index is 1.52. The lowest BCUT2D eigenvalue weighted by Crippen LogP contribution is -2.47.